The fraction of sp³-hybridized carbons (Fsp3) is 0.440. The second-order valence-corrected chi connectivity index (χ2v) is 9.28. The van der Waals surface area contributed by atoms with Crippen LogP contribution in [-0.4, -0.2) is 22.6 Å². The van der Waals surface area contributed by atoms with Crippen molar-refractivity contribution in [1.29, 1.82) is 0 Å². The molecule has 30 heavy (non-hydrogen) atoms. The molecule has 5 heteroatoms. The Kier molecular flexibility index (Phi) is 4.29. The maximum atomic E-state index is 12.8. The average Bonchev–Trinajstić information content (AvgIpc) is 3.53. The van der Waals surface area contributed by atoms with E-state index in [4.69, 9.17) is 0 Å². The summed E-state index contributed by atoms with van der Waals surface area (Å²) in [7, 11) is 0. The van der Waals surface area contributed by atoms with E-state index in [1.165, 1.54) is 37.8 Å². The first-order chi connectivity index (χ1) is 14.7. The van der Waals surface area contributed by atoms with Gasteiger partial charge in [0, 0.05) is 54.2 Å². The summed E-state index contributed by atoms with van der Waals surface area (Å²) >= 11 is 0. The summed E-state index contributed by atoms with van der Waals surface area (Å²) in [6.45, 7) is 2.30. The molecule has 3 heterocycles. The molecule has 3 unspecified atom stereocenters. The van der Waals surface area contributed by atoms with Crippen molar-refractivity contribution in [1.82, 2.24) is 9.55 Å². The number of fused-ring (bicyclic) bond motifs is 3. The molecule has 1 aromatic carbocycles. The number of aromatic nitrogens is 2. The average molecular weight is 401 g/mol. The molecule has 3 aliphatic rings. The van der Waals surface area contributed by atoms with Crippen LogP contribution in [-0.2, 0) is 0 Å². The van der Waals surface area contributed by atoms with Gasteiger partial charge in [0.05, 0.1) is 5.52 Å². The summed E-state index contributed by atoms with van der Waals surface area (Å²) < 4.78 is 2.06. The van der Waals surface area contributed by atoms with E-state index in [1.807, 2.05) is 12.3 Å². The van der Waals surface area contributed by atoms with Crippen LogP contribution in [0.4, 0.5) is 17.2 Å². The Bertz CT molecular complexity index is 1130. The van der Waals surface area contributed by atoms with Crippen LogP contribution >= 0.6 is 0 Å². The molecule has 2 aromatic heterocycles. The zero-order valence-electron chi connectivity index (χ0n) is 17.3. The molecule has 2 bridgehead atoms. The van der Waals surface area contributed by atoms with E-state index in [2.05, 4.69) is 50.1 Å². The van der Waals surface area contributed by atoms with Crippen molar-refractivity contribution in [3.8, 4) is 0 Å². The summed E-state index contributed by atoms with van der Waals surface area (Å²) in [4.78, 5) is 19.9. The van der Waals surface area contributed by atoms with Gasteiger partial charge in [0.1, 0.15) is 5.82 Å². The maximum Gasteiger partial charge on any atom is 0.251 e. The lowest BCUT2D eigenvalue weighted by Crippen LogP contribution is -2.27. The summed E-state index contributed by atoms with van der Waals surface area (Å²) in [5.41, 5.74) is 3.43. The summed E-state index contributed by atoms with van der Waals surface area (Å²) in [6.07, 6.45) is 9.48. The number of anilines is 3. The van der Waals surface area contributed by atoms with E-state index < -0.39 is 0 Å². The maximum absolute atomic E-state index is 12.8. The van der Waals surface area contributed by atoms with Gasteiger partial charge in [-0.15, -0.1) is 0 Å². The van der Waals surface area contributed by atoms with Gasteiger partial charge in [0.15, 0.2) is 0 Å². The third kappa shape index (κ3) is 3.08. The molecule has 1 N–H and O–H groups in total. The van der Waals surface area contributed by atoms with Crippen molar-refractivity contribution >= 4 is 28.1 Å². The molecule has 1 aliphatic heterocycles. The lowest BCUT2D eigenvalue weighted by atomic mass is 9.94. The first-order valence-electron chi connectivity index (χ1n) is 11.4. The third-order valence-electron chi connectivity index (χ3n) is 7.46. The summed E-state index contributed by atoms with van der Waals surface area (Å²) in [5.74, 6) is 2.25. The van der Waals surface area contributed by atoms with Crippen molar-refractivity contribution in [3.63, 3.8) is 0 Å². The number of hydrogen-bond acceptors (Lipinski definition) is 4. The van der Waals surface area contributed by atoms with E-state index in [0.717, 1.165) is 47.8 Å². The minimum absolute atomic E-state index is 0.118. The molecule has 2 saturated carbocycles. The Morgan fingerprint density at radius 1 is 0.967 bits per heavy atom. The summed E-state index contributed by atoms with van der Waals surface area (Å²) in [5, 5.41) is 4.47. The molecule has 154 valence electrons. The number of nitrogens with one attached hydrogen (secondary N) is 1. The highest BCUT2D eigenvalue weighted by atomic mass is 16.1. The molecule has 3 atom stereocenters. The quantitative estimate of drug-likeness (QED) is 0.662. The molecule has 1 saturated heterocycles. The molecule has 3 fully saturated rings. The minimum Gasteiger partial charge on any atom is -0.372 e. The Morgan fingerprint density at radius 2 is 1.80 bits per heavy atom. The van der Waals surface area contributed by atoms with Gasteiger partial charge in [-0.25, -0.2) is 4.98 Å². The highest BCUT2D eigenvalue weighted by Crippen LogP contribution is 2.50. The molecule has 2 aliphatic carbocycles. The Balaban J connectivity index is 1.31. The van der Waals surface area contributed by atoms with Crippen molar-refractivity contribution < 1.29 is 0 Å². The molecular weight excluding hydrogens is 372 g/mol. The van der Waals surface area contributed by atoms with Gasteiger partial charge >= 0.3 is 0 Å². The molecular formula is C25H28N4O. The van der Waals surface area contributed by atoms with Crippen molar-refractivity contribution in [2.24, 2.45) is 11.8 Å². The first-order valence-corrected chi connectivity index (χ1v) is 11.4. The Morgan fingerprint density at radius 3 is 2.53 bits per heavy atom. The lowest BCUT2D eigenvalue weighted by Gasteiger charge is -2.25. The van der Waals surface area contributed by atoms with E-state index in [9.17, 15) is 4.79 Å². The second-order valence-electron chi connectivity index (χ2n) is 9.28. The van der Waals surface area contributed by atoms with Gasteiger partial charge in [0.2, 0.25) is 0 Å². The van der Waals surface area contributed by atoms with Crippen LogP contribution < -0.4 is 15.8 Å². The standard InChI is InChI=1S/C25H28N4O/c30-25-10-5-19-16-26-24(15-23(19)29(25)22-14-17-3-4-18(22)13-17)27-20-6-8-21(9-7-20)28-11-1-2-12-28/h5-10,15-18,22H,1-4,11-14H2,(H,26,27). The molecule has 0 radical (unpaired) electrons. The SMILES string of the molecule is O=c1ccc2cnc(Nc3ccc(N4CCCC4)cc3)cc2n1C1CC2CCC1C2. The zero-order chi connectivity index (χ0) is 20.1. The van der Waals surface area contributed by atoms with Crippen molar-refractivity contribution in [2.45, 2.75) is 44.6 Å². The van der Waals surface area contributed by atoms with Crippen LogP contribution in [0.1, 0.15) is 44.6 Å². The minimum atomic E-state index is 0.118. The Labute approximate surface area is 176 Å². The second kappa shape index (κ2) is 7.15. The van der Waals surface area contributed by atoms with Gasteiger partial charge in [-0.05, 0) is 74.3 Å². The van der Waals surface area contributed by atoms with Crippen LogP contribution in [0.25, 0.3) is 10.9 Å². The van der Waals surface area contributed by atoms with Crippen LogP contribution in [0.2, 0.25) is 0 Å². The number of nitrogens with zero attached hydrogens (tertiary/aromatic N) is 3. The molecule has 5 nitrogen and oxygen atoms in total. The number of benzene rings is 1. The highest BCUT2D eigenvalue weighted by Gasteiger charge is 2.41. The topological polar surface area (TPSA) is 50.2 Å². The smallest absolute Gasteiger partial charge is 0.251 e. The van der Waals surface area contributed by atoms with E-state index >= 15 is 0 Å². The van der Waals surface area contributed by atoms with Crippen molar-refractivity contribution in [2.75, 3.05) is 23.3 Å². The van der Waals surface area contributed by atoms with Crippen molar-refractivity contribution in [3.05, 3.63) is 59.0 Å². The largest absolute Gasteiger partial charge is 0.372 e. The molecule has 6 rings (SSSR count). The fourth-order valence-corrected chi connectivity index (χ4v) is 5.97. The first kappa shape index (κ1) is 18.0. The van der Waals surface area contributed by atoms with Gasteiger partial charge in [-0.2, -0.15) is 0 Å². The predicted molar refractivity (Wildman–Crippen MR) is 122 cm³/mol. The number of rotatable bonds is 4. The van der Waals surface area contributed by atoms with E-state index in [-0.39, 0.29) is 5.56 Å². The fourth-order valence-electron chi connectivity index (χ4n) is 5.97. The monoisotopic (exact) mass is 400 g/mol. The number of pyridine rings is 2. The third-order valence-corrected chi connectivity index (χ3v) is 7.46. The highest BCUT2D eigenvalue weighted by molar-refractivity contribution is 5.81. The summed E-state index contributed by atoms with van der Waals surface area (Å²) in [6, 6.07) is 14.6. The molecule has 0 spiro atoms. The van der Waals surface area contributed by atoms with Crippen LogP contribution in [0.15, 0.2) is 53.5 Å². The lowest BCUT2D eigenvalue weighted by molar-refractivity contribution is 0.330. The zero-order valence-corrected chi connectivity index (χ0v) is 17.3. The molecule has 3 aromatic rings. The van der Waals surface area contributed by atoms with Gasteiger partial charge in [-0.1, -0.05) is 6.42 Å². The predicted octanol–water partition coefficient (Wildman–Crippen LogP) is 5.10. The van der Waals surface area contributed by atoms with Gasteiger partial charge < -0.3 is 14.8 Å². The number of hydrogen-bond donors (Lipinski definition) is 1. The van der Waals surface area contributed by atoms with Crippen LogP contribution in [0.5, 0.6) is 0 Å². The Hall–Kier alpha value is -2.82. The normalized spacial score (nSPS) is 25.3. The van der Waals surface area contributed by atoms with Crippen LogP contribution in [0.3, 0.4) is 0 Å². The van der Waals surface area contributed by atoms with Gasteiger partial charge in [0.25, 0.3) is 5.56 Å². The van der Waals surface area contributed by atoms with E-state index in [0.29, 0.717) is 12.0 Å². The van der Waals surface area contributed by atoms with Crippen LogP contribution in [0, 0.1) is 11.8 Å². The van der Waals surface area contributed by atoms with Gasteiger partial charge in [-0.3, -0.25) is 4.79 Å². The molecule has 0 amide bonds. The van der Waals surface area contributed by atoms with E-state index in [1.54, 1.807) is 6.07 Å².